The summed E-state index contributed by atoms with van der Waals surface area (Å²) in [6.07, 6.45) is 35.7. The van der Waals surface area contributed by atoms with Crippen molar-refractivity contribution in [3.63, 3.8) is 0 Å². The van der Waals surface area contributed by atoms with Gasteiger partial charge in [-0.05, 0) is 12.3 Å². The number of ether oxygens (including phenoxy) is 2. The topological polar surface area (TPSA) is 21.8 Å². The fourth-order valence-corrected chi connectivity index (χ4v) is 5.32. The molecule has 0 N–H and O–H groups in total. The van der Waals surface area contributed by atoms with E-state index in [-0.39, 0.29) is 0 Å². The normalized spacial score (nSPS) is 21.5. The van der Waals surface area contributed by atoms with Crippen LogP contribution in [0.15, 0.2) is 0 Å². The smallest absolute Gasteiger partial charge is 0.104 e. The Morgan fingerprint density at radius 2 is 0.935 bits per heavy atom. The van der Waals surface area contributed by atoms with Crippen LogP contribution in [0, 0.1) is 5.92 Å². The van der Waals surface area contributed by atoms with Gasteiger partial charge in [0, 0.05) is 6.61 Å². The van der Waals surface area contributed by atoms with Crippen LogP contribution >= 0.6 is 0 Å². The molecule has 1 aliphatic heterocycles. The zero-order valence-corrected chi connectivity index (χ0v) is 21.1. The Bertz CT molecular complexity index is 354. The Morgan fingerprint density at radius 3 is 1.42 bits per heavy atom. The van der Waals surface area contributed by atoms with E-state index in [2.05, 4.69) is 0 Å². The minimum absolute atomic E-state index is 0.426. The third-order valence-electron chi connectivity index (χ3n) is 7.58. The minimum Gasteiger partial charge on any atom is -0.379 e. The second-order valence-corrected chi connectivity index (χ2v) is 10.7. The molecule has 2 rings (SSSR count). The van der Waals surface area contributed by atoms with Gasteiger partial charge in [-0.1, -0.05) is 148 Å². The van der Waals surface area contributed by atoms with Crippen LogP contribution < -0.4 is 0 Å². The molecule has 184 valence electrons. The van der Waals surface area contributed by atoms with E-state index in [0.717, 1.165) is 25.7 Å². The summed E-state index contributed by atoms with van der Waals surface area (Å²) in [5.74, 6) is 1.05. The molecule has 0 spiro atoms. The molecule has 1 aliphatic carbocycles. The maximum atomic E-state index is 5.60. The molecule has 2 fully saturated rings. The van der Waals surface area contributed by atoms with E-state index in [1.54, 1.807) is 0 Å². The molecule has 1 unspecified atom stereocenters. The van der Waals surface area contributed by atoms with Crippen molar-refractivity contribution in [2.45, 2.75) is 160 Å². The van der Waals surface area contributed by atoms with Crippen molar-refractivity contribution in [2.24, 2.45) is 5.92 Å². The molecule has 1 saturated carbocycles. The molecule has 0 aromatic heterocycles. The van der Waals surface area contributed by atoms with E-state index in [0.29, 0.717) is 6.10 Å². The highest BCUT2D eigenvalue weighted by molar-refractivity contribution is 4.67. The molecule has 0 aromatic rings. The molecule has 1 saturated heterocycles. The standard InChI is InChI=1S/C29H56O2/c1(2-4-9-13-17-21-25-30-26-29-27-31-29)3-6-10-14-18-22-28-23-19-15-11-7-5-8-12-16-20-24-28/h28-29H,1-27H2. The summed E-state index contributed by atoms with van der Waals surface area (Å²) in [6.45, 7) is 2.67. The van der Waals surface area contributed by atoms with Crippen LogP contribution in [0.25, 0.3) is 0 Å². The highest BCUT2D eigenvalue weighted by Crippen LogP contribution is 2.25. The average molecular weight is 437 g/mol. The molecule has 0 radical (unpaired) electrons. The second-order valence-electron chi connectivity index (χ2n) is 10.7. The maximum absolute atomic E-state index is 5.60. The number of epoxide rings is 1. The quantitative estimate of drug-likeness (QED) is 0.167. The van der Waals surface area contributed by atoms with Crippen LogP contribution in [0.4, 0.5) is 0 Å². The van der Waals surface area contributed by atoms with Crippen LogP contribution in [-0.2, 0) is 9.47 Å². The van der Waals surface area contributed by atoms with Gasteiger partial charge in [0.05, 0.1) is 13.2 Å². The predicted molar refractivity (Wildman–Crippen MR) is 135 cm³/mol. The highest BCUT2D eigenvalue weighted by Gasteiger charge is 2.21. The number of rotatable bonds is 17. The van der Waals surface area contributed by atoms with Gasteiger partial charge in [-0.25, -0.2) is 0 Å². The Hall–Kier alpha value is -0.0800. The first-order valence-electron chi connectivity index (χ1n) is 14.6. The first-order chi connectivity index (χ1) is 15.4. The highest BCUT2D eigenvalue weighted by atomic mass is 16.6. The number of unbranched alkanes of at least 4 members (excludes halogenated alkanes) is 11. The molecule has 2 nitrogen and oxygen atoms in total. The summed E-state index contributed by atoms with van der Waals surface area (Å²) in [5.41, 5.74) is 0. The van der Waals surface area contributed by atoms with E-state index in [4.69, 9.17) is 9.47 Å². The lowest BCUT2D eigenvalue weighted by Gasteiger charge is -2.17. The van der Waals surface area contributed by atoms with Gasteiger partial charge in [-0.15, -0.1) is 0 Å². The van der Waals surface area contributed by atoms with E-state index in [1.807, 2.05) is 0 Å². The Morgan fingerprint density at radius 1 is 0.516 bits per heavy atom. The summed E-state index contributed by atoms with van der Waals surface area (Å²) in [4.78, 5) is 0. The molecule has 1 heterocycles. The summed E-state index contributed by atoms with van der Waals surface area (Å²) >= 11 is 0. The van der Waals surface area contributed by atoms with E-state index in [1.165, 1.54) is 154 Å². The summed E-state index contributed by atoms with van der Waals surface area (Å²) in [6, 6.07) is 0. The number of hydrogen-bond donors (Lipinski definition) is 0. The van der Waals surface area contributed by atoms with Gasteiger partial charge in [0.1, 0.15) is 6.10 Å². The van der Waals surface area contributed by atoms with E-state index in [9.17, 15) is 0 Å². The van der Waals surface area contributed by atoms with Crippen molar-refractivity contribution >= 4 is 0 Å². The van der Waals surface area contributed by atoms with Gasteiger partial charge in [0.2, 0.25) is 0 Å². The fourth-order valence-electron chi connectivity index (χ4n) is 5.32. The average Bonchev–Trinajstić information content (AvgIpc) is 3.59. The second kappa shape index (κ2) is 20.5. The van der Waals surface area contributed by atoms with Gasteiger partial charge < -0.3 is 9.47 Å². The molecule has 0 bridgehead atoms. The lowest BCUT2D eigenvalue weighted by Crippen LogP contribution is -2.02. The Labute approximate surface area is 195 Å². The monoisotopic (exact) mass is 436 g/mol. The largest absolute Gasteiger partial charge is 0.379 e. The minimum atomic E-state index is 0.426. The van der Waals surface area contributed by atoms with Gasteiger partial charge in [-0.2, -0.15) is 0 Å². The number of hydrogen-bond acceptors (Lipinski definition) is 2. The summed E-state index contributed by atoms with van der Waals surface area (Å²) in [5, 5.41) is 0. The molecule has 0 aromatic carbocycles. The Kier molecular flexibility index (Phi) is 18.0. The van der Waals surface area contributed by atoms with Crippen molar-refractivity contribution in [1.29, 1.82) is 0 Å². The lowest BCUT2D eigenvalue weighted by atomic mass is 9.89. The van der Waals surface area contributed by atoms with Crippen LogP contribution in [0.3, 0.4) is 0 Å². The van der Waals surface area contributed by atoms with Gasteiger partial charge in [-0.3, -0.25) is 0 Å². The van der Waals surface area contributed by atoms with E-state index >= 15 is 0 Å². The van der Waals surface area contributed by atoms with Crippen molar-refractivity contribution in [1.82, 2.24) is 0 Å². The Balaban J connectivity index is 1.28. The van der Waals surface area contributed by atoms with Crippen molar-refractivity contribution in [2.75, 3.05) is 19.8 Å². The van der Waals surface area contributed by atoms with E-state index < -0.39 is 0 Å². The first kappa shape index (κ1) is 27.2. The maximum Gasteiger partial charge on any atom is 0.104 e. The lowest BCUT2D eigenvalue weighted by molar-refractivity contribution is 0.113. The van der Waals surface area contributed by atoms with Crippen molar-refractivity contribution < 1.29 is 9.47 Å². The third-order valence-corrected chi connectivity index (χ3v) is 7.58. The SMILES string of the molecule is C(CCCCCCCC1CCCCCCCCCCC1)CCCCCCOCC1CO1. The van der Waals surface area contributed by atoms with Gasteiger partial charge in [0.15, 0.2) is 0 Å². The summed E-state index contributed by atoms with van der Waals surface area (Å²) < 4.78 is 10.7. The first-order valence-corrected chi connectivity index (χ1v) is 14.6. The van der Waals surface area contributed by atoms with Crippen LogP contribution in [0.2, 0.25) is 0 Å². The van der Waals surface area contributed by atoms with Crippen LogP contribution in [-0.4, -0.2) is 25.9 Å². The van der Waals surface area contributed by atoms with Crippen molar-refractivity contribution in [3.8, 4) is 0 Å². The molecular formula is C29H56O2. The molecule has 1 atom stereocenters. The zero-order valence-electron chi connectivity index (χ0n) is 21.1. The summed E-state index contributed by atoms with van der Waals surface area (Å²) in [7, 11) is 0. The zero-order chi connectivity index (χ0) is 21.7. The van der Waals surface area contributed by atoms with Crippen LogP contribution in [0.1, 0.15) is 154 Å². The molecule has 0 amide bonds. The van der Waals surface area contributed by atoms with Gasteiger partial charge in [0.25, 0.3) is 0 Å². The predicted octanol–water partition coefficient (Wildman–Crippen LogP) is 9.39. The fraction of sp³-hybridized carbons (Fsp3) is 1.00. The van der Waals surface area contributed by atoms with Crippen LogP contribution in [0.5, 0.6) is 0 Å². The molecular weight excluding hydrogens is 380 g/mol. The third kappa shape index (κ3) is 18.1. The molecule has 2 heteroatoms. The molecule has 31 heavy (non-hydrogen) atoms. The molecule has 2 aliphatic rings. The van der Waals surface area contributed by atoms with Gasteiger partial charge >= 0.3 is 0 Å². The van der Waals surface area contributed by atoms with Crippen molar-refractivity contribution in [3.05, 3.63) is 0 Å².